The molecule has 0 aliphatic carbocycles. The zero-order valence-corrected chi connectivity index (χ0v) is 11.0. The van der Waals surface area contributed by atoms with E-state index in [0.717, 1.165) is 25.7 Å². The summed E-state index contributed by atoms with van der Waals surface area (Å²) in [6.07, 6.45) is 3.85. The Balaban J connectivity index is 4.54. The third-order valence-electron chi connectivity index (χ3n) is 2.42. The van der Waals surface area contributed by atoms with E-state index < -0.39 is 0 Å². The van der Waals surface area contributed by atoms with Crippen molar-refractivity contribution < 1.29 is 9.53 Å². The average Bonchev–Trinajstić information content (AvgIpc) is 2.17. The normalized spacial score (nSPS) is 11.4. The molecule has 0 aliphatic heterocycles. The summed E-state index contributed by atoms with van der Waals surface area (Å²) in [5.74, 6) is -0.0411. The number of carbonyl (C=O) groups excluding carboxylic acids is 1. The molecule has 0 aliphatic rings. The van der Waals surface area contributed by atoms with Crippen LogP contribution >= 0.6 is 15.9 Å². The zero-order chi connectivity index (χ0) is 11.0. The van der Waals surface area contributed by atoms with E-state index in [9.17, 15) is 4.79 Å². The van der Waals surface area contributed by atoms with Gasteiger partial charge in [-0.05, 0) is 19.8 Å². The first-order valence-corrected chi connectivity index (χ1v) is 6.52. The first-order valence-electron chi connectivity index (χ1n) is 5.40. The van der Waals surface area contributed by atoms with Crippen molar-refractivity contribution >= 4 is 21.9 Å². The van der Waals surface area contributed by atoms with Crippen molar-refractivity contribution in [1.29, 1.82) is 0 Å². The molecule has 0 amide bonds. The highest BCUT2D eigenvalue weighted by Gasteiger charge is 2.36. The van der Waals surface area contributed by atoms with Crippen LogP contribution in [0.2, 0.25) is 0 Å². The lowest BCUT2D eigenvalue weighted by atomic mass is 9.81. The second kappa shape index (κ2) is 7.27. The first kappa shape index (κ1) is 13.9. The van der Waals surface area contributed by atoms with E-state index in [0.29, 0.717) is 11.9 Å². The Morgan fingerprint density at radius 3 is 2.00 bits per heavy atom. The molecule has 0 spiro atoms. The van der Waals surface area contributed by atoms with Gasteiger partial charge >= 0.3 is 5.97 Å². The molecule has 0 N–H and O–H groups in total. The number of halogens is 1. The van der Waals surface area contributed by atoms with Crippen molar-refractivity contribution in [2.45, 2.75) is 46.5 Å². The molecule has 3 heteroatoms. The van der Waals surface area contributed by atoms with Gasteiger partial charge in [-0.15, -0.1) is 0 Å². The fourth-order valence-electron chi connectivity index (χ4n) is 1.76. The van der Waals surface area contributed by atoms with Crippen LogP contribution < -0.4 is 0 Å². The second-order valence-electron chi connectivity index (χ2n) is 3.63. The van der Waals surface area contributed by atoms with Crippen LogP contribution in [-0.4, -0.2) is 17.9 Å². The molecule has 0 fully saturated rings. The number of hydrogen-bond donors (Lipinski definition) is 0. The van der Waals surface area contributed by atoms with E-state index in [1.54, 1.807) is 0 Å². The SMILES string of the molecule is CCCC(CBr)(CCC)C(=O)OCC. The Morgan fingerprint density at radius 1 is 1.21 bits per heavy atom. The van der Waals surface area contributed by atoms with Crippen LogP contribution in [0.1, 0.15) is 46.5 Å². The molecular weight excluding hydrogens is 244 g/mol. The van der Waals surface area contributed by atoms with Crippen LogP contribution in [0, 0.1) is 5.41 Å². The van der Waals surface area contributed by atoms with E-state index in [1.807, 2.05) is 6.92 Å². The van der Waals surface area contributed by atoms with Crippen molar-refractivity contribution in [3.8, 4) is 0 Å². The Labute approximate surface area is 95.5 Å². The van der Waals surface area contributed by atoms with E-state index in [1.165, 1.54) is 0 Å². The van der Waals surface area contributed by atoms with E-state index >= 15 is 0 Å². The van der Waals surface area contributed by atoms with Crippen molar-refractivity contribution in [1.82, 2.24) is 0 Å². The highest BCUT2D eigenvalue weighted by Crippen LogP contribution is 2.33. The lowest BCUT2D eigenvalue weighted by molar-refractivity contribution is -0.155. The Morgan fingerprint density at radius 2 is 1.71 bits per heavy atom. The van der Waals surface area contributed by atoms with Crippen molar-refractivity contribution in [2.24, 2.45) is 5.41 Å². The highest BCUT2D eigenvalue weighted by atomic mass is 79.9. The summed E-state index contributed by atoms with van der Waals surface area (Å²) in [4.78, 5) is 11.8. The highest BCUT2D eigenvalue weighted by molar-refractivity contribution is 9.09. The quantitative estimate of drug-likeness (QED) is 0.520. The average molecular weight is 265 g/mol. The summed E-state index contributed by atoms with van der Waals surface area (Å²) < 4.78 is 5.13. The summed E-state index contributed by atoms with van der Waals surface area (Å²) >= 11 is 3.44. The van der Waals surface area contributed by atoms with Gasteiger partial charge in [-0.1, -0.05) is 42.6 Å². The summed E-state index contributed by atoms with van der Waals surface area (Å²) in [6, 6.07) is 0. The molecule has 0 aromatic carbocycles. The molecule has 0 saturated heterocycles. The molecule has 0 radical (unpaired) electrons. The van der Waals surface area contributed by atoms with Gasteiger partial charge < -0.3 is 4.74 Å². The Kier molecular flexibility index (Phi) is 7.24. The largest absolute Gasteiger partial charge is 0.466 e. The second-order valence-corrected chi connectivity index (χ2v) is 4.20. The molecule has 0 saturated carbocycles. The zero-order valence-electron chi connectivity index (χ0n) is 9.44. The van der Waals surface area contributed by atoms with Gasteiger partial charge in [-0.3, -0.25) is 4.79 Å². The molecule has 0 rings (SSSR count). The molecule has 0 heterocycles. The summed E-state index contributed by atoms with van der Waals surface area (Å²) in [5.41, 5.74) is -0.292. The Bertz CT molecular complexity index is 163. The van der Waals surface area contributed by atoms with Gasteiger partial charge in [0.05, 0.1) is 12.0 Å². The number of hydrogen-bond acceptors (Lipinski definition) is 2. The van der Waals surface area contributed by atoms with Crippen LogP contribution in [0.3, 0.4) is 0 Å². The number of alkyl halides is 1. The fraction of sp³-hybridized carbons (Fsp3) is 0.909. The predicted molar refractivity (Wildman–Crippen MR) is 62.7 cm³/mol. The molecule has 0 unspecified atom stereocenters. The van der Waals surface area contributed by atoms with Crippen molar-refractivity contribution in [3.05, 3.63) is 0 Å². The van der Waals surface area contributed by atoms with Crippen LogP contribution in [0.25, 0.3) is 0 Å². The van der Waals surface area contributed by atoms with Gasteiger partial charge in [0.1, 0.15) is 0 Å². The van der Waals surface area contributed by atoms with E-state index in [2.05, 4.69) is 29.8 Å². The van der Waals surface area contributed by atoms with E-state index in [-0.39, 0.29) is 11.4 Å². The number of esters is 1. The van der Waals surface area contributed by atoms with E-state index in [4.69, 9.17) is 4.74 Å². The molecular formula is C11H21BrO2. The molecule has 0 atom stereocenters. The monoisotopic (exact) mass is 264 g/mol. The third kappa shape index (κ3) is 3.60. The smallest absolute Gasteiger partial charge is 0.312 e. The lowest BCUT2D eigenvalue weighted by Crippen LogP contribution is -2.34. The molecule has 0 aromatic heterocycles. The fourth-order valence-corrected chi connectivity index (χ4v) is 2.55. The maximum atomic E-state index is 11.8. The predicted octanol–water partition coefficient (Wildman–Crippen LogP) is 3.53. The van der Waals surface area contributed by atoms with Crippen molar-refractivity contribution in [3.63, 3.8) is 0 Å². The van der Waals surface area contributed by atoms with Crippen LogP contribution in [0.4, 0.5) is 0 Å². The van der Waals surface area contributed by atoms with Gasteiger partial charge in [0, 0.05) is 5.33 Å². The number of carbonyl (C=O) groups is 1. The standard InChI is InChI=1S/C11H21BrO2/c1-4-7-11(9-12,8-5-2)10(13)14-6-3/h4-9H2,1-3H3. The topological polar surface area (TPSA) is 26.3 Å². The van der Waals surface area contributed by atoms with Crippen LogP contribution in [0.15, 0.2) is 0 Å². The minimum Gasteiger partial charge on any atom is -0.466 e. The molecule has 2 nitrogen and oxygen atoms in total. The first-order chi connectivity index (χ1) is 6.66. The van der Waals surface area contributed by atoms with Crippen LogP contribution in [-0.2, 0) is 9.53 Å². The third-order valence-corrected chi connectivity index (χ3v) is 3.49. The minimum absolute atomic E-state index is 0.0411. The van der Waals surface area contributed by atoms with Crippen LogP contribution in [0.5, 0.6) is 0 Å². The number of rotatable bonds is 7. The maximum Gasteiger partial charge on any atom is 0.312 e. The maximum absolute atomic E-state index is 11.8. The van der Waals surface area contributed by atoms with Gasteiger partial charge in [-0.25, -0.2) is 0 Å². The van der Waals surface area contributed by atoms with Gasteiger partial charge in [0.2, 0.25) is 0 Å². The number of ether oxygens (including phenoxy) is 1. The summed E-state index contributed by atoms with van der Waals surface area (Å²) in [6.45, 7) is 6.54. The molecule has 0 bridgehead atoms. The molecule has 84 valence electrons. The molecule has 14 heavy (non-hydrogen) atoms. The Hall–Kier alpha value is -0.0500. The van der Waals surface area contributed by atoms with Gasteiger partial charge in [-0.2, -0.15) is 0 Å². The summed E-state index contributed by atoms with van der Waals surface area (Å²) in [7, 11) is 0. The summed E-state index contributed by atoms with van der Waals surface area (Å²) in [5, 5.41) is 0.709. The van der Waals surface area contributed by atoms with Gasteiger partial charge in [0.15, 0.2) is 0 Å². The van der Waals surface area contributed by atoms with Crippen molar-refractivity contribution in [2.75, 3.05) is 11.9 Å². The molecule has 0 aromatic rings. The minimum atomic E-state index is -0.292. The lowest BCUT2D eigenvalue weighted by Gasteiger charge is -2.28. The van der Waals surface area contributed by atoms with Gasteiger partial charge in [0.25, 0.3) is 0 Å².